The van der Waals surface area contributed by atoms with E-state index in [-0.39, 0.29) is 21.4 Å². The molecule has 0 spiro atoms. The van der Waals surface area contributed by atoms with Gasteiger partial charge in [0.05, 0.1) is 17.1 Å². The third-order valence-corrected chi connectivity index (χ3v) is 2.72. The Bertz CT molecular complexity index is 593. The van der Waals surface area contributed by atoms with Crippen molar-refractivity contribution in [3.05, 3.63) is 33.3 Å². The fourth-order valence-electron chi connectivity index (χ4n) is 1.37. The summed E-state index contributed by atoms with van der Waals surface area (Å²) < 4.78 is 43.3. The average molecular weight is 331 g/mol. The molecule has 0 aliphatic carbocycles. The van der Waals surface area contributed by atoms with Crippen molar-refractivity contribution in [1.82, 2.24) is 0 Å². The highest BCUT2D eigenvalue weighted by atomic mass is 79.9. The fraction of sp³-hybridized carbons (Fsp3) is 0.167. The Morgan fingerprint density at radius 1 is 1.32 bits per heavy atom. The molecule has 3 nitrogen and oxygen atoms in total. The van der Waals surface area contributed by atoms with Crippen molar-refractivity contribution in [3.63, 3.8) is 0 Å². The Morgan fingerprint density at radius 3 is 2.32 bits per heavy atom. The van der Waals surface area contributed by atoms with E-state index >= 15 is 0 Å². The van der Waals surface area contributed by atoms with Crippen molar-refractivity contribution in [2.45, 2.75) is 6.18 Å². The molecule has 0 heterocycles. The van der Waals surface area contributed by atoms with Crippen molar-refractivity contribution in [2.75, 3.05) is 7.11 Å². The first-order valence-electron chi connectivity index (χ1n) is 4.80. The summed E-state index contributed by atoms with van der Waals surface area (Å²) in [7, 11) is 1.13. The van der Waals surface area contributed by atoms with Crippen molar-refractivity contribution in [1.29, 1.82) is 10.5 Å². The minimum atomic E-state index is -4.60. The van der Waals surface area contributed by atoms with Crippen LogP contribution < -0.4 is 4.74 Å². The van der Waals surface area contributed by atoms with Crippen LogP contribution in [0.15, 0.2) is 22.2 Å². The van der Waals surface area contributed by atoms with E-state index < -0.39 is 11.7 Å². The van der Waals surface area contributed by atoms with E-state index in [0.29, 0.717) is 0 Å². The molecule has 0 aliphatic rings. The van der Waals surface area contributed by atoms with Crippen LogP contribution >= 0.6 is 15.9 Å². The van der Waals surface area contributed by atoms with Gasteiger partial charge in [-0.15, -0.1) is 0 Å². The Morgan fingerprint density at radius 2 is 1.89 bits per heavy atom. The molecule has 0 saturated carbocycles. The van der Waals surface area contributed by atoms with Crippen molar-refractivity contribution < 1.29 is 17.9 Å². The van der Waals surface area contributed by atoms with Crippen molar-refractivity contribution in [3.8, 4) is 17.9 Å². The topological polar surface area (TPSA) is 56.8 Å². The van der Waals surface area contributed by atoms with Crippen molar-refractivity contribution >= 4 is 22.0 Å². The Balaban J connectivity index is 3.50. The number of alkyl halides is 3. The summed E-state index contributed by atoms with van der Waals surface area (Å²) in [4.78, 5) is 0. The summed E-state index contributed by atoms with van der Waals surface area (Å²) in [5.41, 5.74) is -1.19. The van der Waals surface area contributed by atoms with Crippen LogP contribution in [-0.4, -0.2) is 7.11 Å². The molecule has 7 heteroatoms. The van der Waals surface area contributed by atoms with Gasteiger partial charge in [0, 0.05) is 0 Å². The Hall–Kier alpha value is -1.99. The number of nitrogens with zero attached hydrogens (tertiary/aromatic N) is 2. The second-order valence-electron chi connectivity index (χ2n) is 3.36. The molecule has 19 heavy (non-hydrogen) atoms. The zero-order valence-electron chi connectivity index (χ0n) is 9.55. The summed E-state index contributed by atoms with van der Waals surface area (Å²) in [6.07, 6.45) is -3.53. The highest BCUT2D eigenvalue weighted by molar-refractivity contribution is 9.10. The van der Waals surface area contributed by atoms with Gasteiger partial charge in [0.25, 0.3) is 0 Å². The Labute approximate surface area is 115 Å². The van der Waals surface area contributed by atoms with E-state index in [1.54, 1.807) is 12.1 Å². The number of benzene rings is 1. The third-order valence-electron chi connectivity index (χ3n) is 2.13. The van der Waals surface area contributed by atoms with Crippen LogP contribution in [0.5, 0.6) is 5.75 Å². The number of ether oxygens (including phenoxy) is 1. The van der Waals surface area contributed by atoms with Crippen molar-refractivity contribution in [2.24, 2.45) is 0 Å². The largest absolute Gasteiger partial charge is 0.495 e. The molecular weight excluding hydrogens is 325 g/mol. The number of halogens is 4. The molecule has 1 rings (SSSR count). The minimum Gasteiger partial charge on any atom is -0.495 e. The quantitative estimate of drug-likeness (QED) is 0.772. The van der Waals surface area contributed by atoms with E-state index in [1.165, 1.54) is 6.07 Å². The van der Waals surface area contributed by atoms with Crippen LogP contribution in [0.3, 0.4) is 0 Å². The second kappa shape index (κ2) is 5.77. The summed E-state index contributed by atoms with van der Waals surface area (Å²) >= 11 is 2.96. The zero-order chi connectivity index (χ0) is 14.6. The average Bonchev–Trinajstić information content (AvgIpc) is 2.34. The standard InChI is InChI=1S/C12H6BrF3N2O/c1-19-11-9(12(14,15)16)3-7(4-10(11)13)2-8(5-17)6-18/h2-4H,1H3. The van der Waals surface area contributed by atoms with Gasteiger partial charge in [0.2, 0.25) is 0 Å². The number of hydrogen-bond acceptors (Lipinski definition) is 3. The molecule has 98 valence electrons. The predicted molar refractivity (Wildman–Crippen MR) is 64.9 cm³/mol. The molecule has 0 bridgehead atoms. The van der Waals surface area contributed by atoms with Gasteiger partial charge >= 0.3 is 6.18 Å². The van der Waals surface area contributed by atoms with Gasteiger partial charge in [-0.1, -0.05) is 0 Å². The first-order valence-corrected chi connectivity index (χ1v) is 5.59. The highest BCUT2D eigenvalue weighted by Crippen LogP contribution is 2.41. The fourth-order valence-corrected chi connectivity index (χ4v) is 2.01. The van der Waals surface area contributed by atoms with E-state index in [9.17, 15) is 13.2 Å². The smallest absolute Gasteiger partial charge is 0.420 e. The maximum atomic E-state index is 12.8. The highest BCUT2D eigenvalue weighted by Gasteiger charge is 2.35. The van der Waals surface area contributed by atoms with Gasteiger partial charge in [-0.05, 0) is 39.7 Å². The van der Waals surface area contributed by atoms with Crippen LogP contribution in [0.2, 0.25) is 0 Å². The lowest BCUT2D eigenvalue weighted by atomic mass is 10.1. The lowest BCUT2D eigenvalue weighted by Gasteiger charge is -2.14. The predicted octanol–water partition coefficient (Wildman–Crippen LogP) is 3.91. The first-order chi connectivity index (χ1) is 8.83. The van der Waals surface area contributed by atoms with Gasteiger partial charge in [-0.3, -0.25) is 0 Å². The third kappa shape index (κ3) is 3.49. The molecular formula is C12H6BrF3N2O. The lowest BCUT2D eigenvalue weighted by Crippen LogP contribution is -2.08. The number of nitriles is 2. The summed E-state index contributed by atoms with van der Waals surface area (Å²) in [5.74, 6) is -0.347. The van der Waals surface area contributed by atoms with E-state index in [1.807, 2.05) is 0 Å². The molecule has 0 aliphatic heterocycles. The van der Waals surface area contributed by atoms with Gasteiger partial charge in [-0.2, -0.15) is 23.7 Å². The number of rotatable bonds is 2. The number of allylic oxidation sites excluding steroid dienone is 1. The van der Waals surface area contributed by atoms with Crippen LogP contribution in [-0.2, 0) is 6.18 Å². The lowest BCUT2D eigenvalue weighted by molar-refractivity contribution is -0.138. The minimum absolute atomic E-state index is 0.0816. The molecule has 0 N–H and O–H groups in total. The Kier molecular flexibility index (Phi) is 4.57. The van der Waals surface area contributed by atoms with Gasteiger partial charge in [0.15, 0.2) is 0 Å². The number of methoxy groups -OCH3 is 1. The van der Waals surface area contributed by atoms with E-state index in [2.05, 4.69) is 15.9 Å². The van der Waals surface area contributed by atoms with Gasteiger partial charge in [-0.25, -0.2) is 0 Å². The van der Waals surface area contributed by atoms with Crippen LogP contribution in [0.25, 0.3) is 6.08 Å². The molecule has 0 saturated heterocycles. The maximum Gasteiger partial charge on any atom is 0.420 e. The number of hydrogen-bond donors (Lipinski definition) is 0. The SMILES string of the molecule is COc1c(Br)cc(C=C(C#N)C#N)cc1C(F)(F)F. The van der Waals surface area contributed by atoms with Gasteiger partial charge < -0.3 is 4.74 Å². The molecule has 0 atom stereocenters. The van der Waals surface area contributed by atoms with E-state index in [4.69, 9.17) is 15.3 Å². The monoisotopic (exact) mass is 330 g/mol. The van der Waals surface area contributed by atoms with Crippen LogP contribution in [0.4, 0.5) is 13.2 Å². The second-order valence-corrected chi connectivity index (χ2v) is 4.22. The molecule has 0 aromatic heterocycles. The normalized spacial score (nSPS) is 10.3. The zero-order valence-corrected chi connectivity index (χ0v) is 11.1. The molecule has 0 unspecified atom stereocenters. The van der Waals surface area contributed by atoms with Crippen LogP contribution in [0, 0.1) is 22.7 Å². The van der Waals surface area contributed by atoms with Gasteiger partial charge in [0.1, 0.15) is 23.5 Å². The maximum absolute atomic E-state index is 12.8. The molecule has 0 fully saturated rings. The molecule has 1 aromatic carbocycles. The summed E-state index contributed by atoms with van der Waals surface area (Å²) in [6, 6.07) is 5.31. The molecule has 1 aromatic rings. The summed E-state index contributed by atoms with van der Waals surface area (Å²) in [6.45, 7) is 0. The van der Waals surface area contributed by atoms with E-state index in [0.717, 1.165) is 19.3 Å². The summed E-state index contributed by atoms with van der Waals surface area (Å²) in [5, 5.41) is 17.2. The molecule has 0 amide bonds. The molecule has 0 radical (unpaired) electrons. The first kappa shape index (κ1) is 15.1. The van der Waals surface area contributed by atoms with Crippen LogP contribution in [0.1, 0.15) is 11.1 Å².